The topological polar surface area (TPSA) is 169 Å². The molecule has 0 aromatic carbocycles. The first-order chi connectivity index (χ1) is 28.2. The molecule has 1 fully saturated rings. The maximum absolute atomic E-state index is 12.8. The molecule has 6 atom stereocenters. The van der Waals surface area contributed by atoms with Crippen LogP contribution in [0.1, 0.15) is 123 Å². The summed E-state index contributed by atoms with van der Waals surface area (Å²) < 4.78 is 33.7. The molecule has 1 unspecified atom stereocenters. The van der Waals surface area contributed by atoms with E-state index in [4.69, 9.17) is 18.5 Å². The molecule has 1 aliphatic rings. The summed E-state index contributed by atoms with van der Waals surface area (Å²) in [5, 5.41) is 20.7. The van der Waals surface area contributed by atoms with E-state index in [0.717, 1.165) is 57.8 Å². The van der Waals surface area contributed by atoms with Gasteiger partial charge in [0.05, 0.1) is 40.0 Å². The van der Waals surface area contributed by atoms with E-state index in [2.05, 4.69) is 62.5 Å². The molecule has 336 valence electrons. The molecule has 13 heteroatoms. The number of esters is 2. The van der Waals surface area contributed by atoms with Crippen LogP contribution < -0.4 is 4.89 Å². The van der Waals surface area contributed by atoms with Gasteiger partial charge in [0.1, 0.15) is 25.5 Å². The minimum Gasteiger partial charge on any atom is -0.756 e. The van der Waals surface area contributed by atoms with Gasteiger partial charge in [-0.25, -0.2) is 0 Å². The van der Waals surface area contributed by atoms with Crippen LogP contribution in [0, 0.1) is 11.8 Å². The Morgan fingerprint density at radius 2 is 1.46 bits per heavy atom. The lowest BCUT2D eigenvalue weighted by Gasteiger charge is -2.28. The quantitative estimate of drug-likeness (QED) is 0.0211. The first-order valence-electron chi connectivity index (χ1n) is 21.7. The number of carbonyl (C=O) groups is 3. The standard InChI is InChI=1S/C46H76NO11P/c1-6-8-10-11-12-13-14-15-16-17-18-19-20-21-26-30-45(51)55-37-40(38-57-59(53,54)56-35-34-47(3,4)5)58-46(52)31-27-23-22-25-29-41-42(44(50)36-43(41)49)33-32-39(48)28-24-9-7-2/h8,10,12-13,15-16,18-19,22,25,32-33,39-42,44,48,50H,6-7,9,11,14,17,20-21,23-24,26-31,34-38H2,1-5H3/b10-8-,13-12-,16-15-,19-18-,25-22-,33-32+/t39-,40+,41+,42+,44+/m0/s1. The molecule has 59 heavy (non-hydrogen) atoms. The number of hydrogen-bond donors (Lipinski definition) is 2. The number of phosphoric acid groups is 1. The average Bonchev–Trinajstić information content (AvgIpc) is 3.44. The summed E-state index contributed by atoms with van der Waals surface area (Å²) in [5.74, 6) is -1.85. The highest BCUT2D eigenvalue weighted by molar-refractivity contribution is 7.45. The molecule has 1 rings (SSSR count). The maximum atomic E-state index is 12.8. The Hall–Kier alpha value is -2.96. The van der Waals surface area contributed by atoms with Crippen molar-refractivity contribution in [3.8, 4) is 0 Å². The lowest BCUT2D eigenvalue weighted by molar-refractivity contribution is -0.870. The Balaban J connectivity index is 2.57. The fourth-order valence-corrected chi connectivity index (χ4v) is 6.82. The molecule has 0 aromatic rings. The molecule has 0 bridgehead atoms. The average molecular weight is 850 g/mol. The van der Waals surface area contributed by atoms with Gasteiger partial charge in [0.15, 0.2) is 6.10 Å². The van der Waals surface area contributed by atoms with Crippen molar-refractivity contribution < 1.29 is 57.1 Å². The number of phosphoric ester groups is 1. The highest BCUT2D eigenvalue weighted by atomic mass is 31.2. The van der Waals surface area contributed by atoms with Crippen LogP contribution >= 0.6 is 7.82 Å². The highest BCUT2D eigenvalue weighted by Gasteiger charge is 2.39. The molecule has 0 saturated heterocycles. The van der Waals surface area contributed by atoms with E-state index < -0.39 is 44.7 Å². The van der Waals surface area contributed by atoms with Gasteiger partial charge < -0.3 is 38.1 Å². The number of aliphatic hydroxyl groups excluding tert-OH is 2. The number of nitrogens with zero attached hydrogens (tertiary/aromatic N) is 1. The minimum atomic E-state index is -4.71. The highest BCUT2D eigenvalue weighted by Crippen LogP contribution is 2.38. The van der Waals surface area contributed by atoms with Gasteiger partial charge in [-0.05, 0) is 70.6 Å². The van der Waals surface area contributed by atoms with E-state index in [1.165, 1.54) is 0 Å². The predicted molar refractivity (Wildman–Crippen MR) is 232 cm³/mol. The normalized spacial score (nSPS) is 19.9. The van der Waals surface area contributed by atoms with Crippen LogP contribution in [0.3, 0.4) is 0 Å². The molecule has 2 N–H and O–H groups in total. The molecule has 0 aromatic heterocycles. The monoisotopic (exact) mass is 850 g/mol. The van der Waals surface area contributed by atoms with Gasteiger partial charge in [-0.1, -0.05) is 106 Å². The first-order valence-corrected chi connectivity index (χ1v) is 23.2. The Morgan fingerprint density at radius 1 is 0.831 bits per heavy atom. The lowest BCUT2D eigenvalue weighted by Crippen LogP contribution is -2.37. The molecule has 0 heterocycles. The lowest BCUT2D eigenvalue weighted by atomic mass is 9.90. The summed E-state index contributed by atoms with van der Waals surface area (Å²) in [6, 6.07) is 0. The zero-order valence-corrected chi connectivity index (χ0v) is 37.5. The van der Waals surface area contributed by atoms with Crippen LogP contribution in [0.15, 0.2) is 72.9 Å². The molecule has 0 spiro atoms. The molecule has 1 saturated carbocycles. The zero-order valence-electron chi connectivity index (χ0n) is 36.6. The number of hydrogen-bond acceptors (Lipinski definition) is 11. The van der Waals surface area contributed by atoms with Crippen LogP contribution in [0.5, 0.6) is 0 Å². The van der Waals surface area contributed by atoms with Crippen molar-refractivity contribution in [1.29, 1.82) is 0 Å². The third-order valence-electron chi connectivity index (χ3n) is 9.58. The minimum absolute atomic E-state index is 0.0157. The van der Waals surface area contributed by atoms with Crippen molar-refractivity contribution in [3.63, 3.8) is 0 Å². The second-order valence-corrected chi connectivity index (χ2v) is 17.5. The van der Waals surface area contributed by atoms with E-state index in [1.807, 2.05) is 33.3 Å². The van der Waals surface area contributed by atoms with E-state index in [0.29, 0.717) is 43.1 Å². The van der Waals surface area contributed by atoms with Crippen molar-refractivity contribution in [2.45, 2.75) is 141 Å². The Morgan fingerprint density at radius 3 is 2.12 bits per heavy atom. The molecular formula is C46H76NO11P. The fourth-order valence-electron chi connectivity index (χ4n) is 6.09. The van der Waals surface area contributed by atoms with Crippen molar-refractivity contribution >= 4 is 25.5 Å². The zero-order chi connectivity index (χ0) is 43.8. The summed E-state index contributed by atoms with van der Waals surface area (Å²) in [7, 11) is 0.963. The van der Waals surface area contributed by atoms with Gasteiger partial charge in [0, 0.05) is 31.1 Å². The number of aliphatic hydroxyl groups is 2. The third-order valence-corrected chi connectivity index (χ3v) is 10.5. The van der Waals surface area contributed by atoms with Crippen LogP contribution in [0.2, 0.25) is 0 Å². The molecule has 0 amide bonds. The second-order valence-electron chi connectivity index (χ2n) is 16.1. The van der Waals surface area contributed by atoms with Crippen molar-refractivity contribution in [2.75, 3.05) is 47.5 Å². The smallest absolute Gasteiger partial charge is 0.306 e. The van der Waals surface area contributed by atoms with E-state index in [9.17, 15) is 34.1 Å². The van der Waals surface area contributed by atoms with Gasteiger partial charge in [0.25, 0.3) is 7.82 Å². The number of carbonyl (C=O) groups excluding carboxylic acids is 3. The van der Waals surface area contributed by atoms with Crippen molar-refractivity contribution in [3.05, 3.63) is 72.9 Å². The number of unbranched alkanes of at least 4 members (excludes halogenated alkanes) is 5. The summed E-state index contributed by atoms with van der Waals surface area (Å²) >= 11 is 0. The molecular weight excluding hydrogens is 773 g/mol. The fraction of sp³-hybridized carbons (Fsp3) is 0.674. The van der Waals surface area contributed by atoms with E-state index >= 15 is 0 Å². The Labute approximate surface area is 355 Å². The first kappa shape index (κ1) is 54.1. The summed E-state index contributed by atoms with van der Waals surface area (Å²) in [6.07, 6.45) is 33.0. The van der Waals surface area contributed by atoms with E-state index in [-0.39, 0.29) is 50.1 Å². The van der Waals surface area contributed by atoms with Crippen LogP contribution in [0.25, 0.3) is 0 Å². The number of likely N-dealkylation sites (N-methyl/N-ethyl adjacent to an activating group) is 1. The number of ketones is 1. The molecule has 1 aliphatic carbocycles. The van der Waals surface area contributed by atoms with E-state index in [1.54, 1.807) is 12.2 Å². The molecule has 12 nitrogen and oxygen atoms in total. The summed E-state index contributed by atoms with van der Waals surface area (Å²) in [4.78, 5) is 50.3. The molecule has 0 radical (unpaired) electrons. The van der Waals surface area contributed by atoms with Gasteiger partial charge in [0.2, 0.25) is 0 Å². The van der Waals surface area contributed by atoms with Gasteiger partial charge in [-0.3, -0.25) is 18.9 Å². The van der Waals surface area contributed by atoms with Gasteiger partial charge in [-0.15, -0.1) is 0 Å². The molecule has 0 aliphatic heterocycles. The summed E-state index contributed by atoms with van der Waals surface area (Å²) in [5.41, 5.74) is 0. The predicted octanol–water partition coefficient (Wildman–Crippen LogP) is 8.19. The number of ether oxygens (including phenoxy) is 2. The third kappa shape index (κ3) is 29.8. The number of quaternary nitrogens is 1. The van der Waals surface area contributed by atoms with Crippen LogP contribution in [0.4, 0.5) is 0 Å². The number of allylic oxidation sites excluding steroid dienone is 10. The number of rotatable bonds is 34. The Kier molecular flexibility index (Phi) is 30.0. The SMILES string of the molecule is CC/C=C\C/C=C\C/C=C\C/C=C\CCCCC(=O)OC[C@H](COP(=O)([O-])OCC[N+](C)(C)C)OC(=O)CCC/C=C\C[C@H]1C(=O)C[C@@H](O)[C@@H]1/C=C/[C@@H](O)CCCCC. The number of Topliss-reactive ketones (excluding diaryl/α,β-unsaturated/α-hetero) is 1. The van der Waals surface area contributed by atoms with Crippen molar-refractivity contribution in [1.82, 2.24) is 0 Å². The summed E-state index contributed by atoms with van der Waals surface area (Å²) in [6.45, 7) is 3.61. The van der Waals surface area contributed by atoms with Gasteiger partial charge >= 0.3 is 11.9 Å². The Bertz CT molecular complexity index is 1400. The second kappa shape index (κ2) is 32.8. The van der Waals surface area contributed by atoms with Crippen LogP contribution in [-0.2, 0) is 37.5 Å². The largest absolute Gasteiger partial charge is 0.756 e. The van der Waals surface area contributed by atoms with Gasteiger partial charge in [-0.2, -0.15) is 0 Å². The van der Waals surface area contributed by atoms with Crippen LogP contribution in [-0.4, -0.2) is 98.2 Å². The maximum Gasteiger partial charge on any atom is 0.306 e. The van der Waals surface area contributed by atoms with Crippen molar-refractivity contribution in [2.24, 2.45) is 11.8 Å².